The molecule has 0 spiro atoms. The lowest BCUT2D eigenvalue weighted by Crippen LogP contribution is -2.46. The zero-order chi connectivity index (χ0) is 20.3. The van der Waals surface area contributed by atoms with Crippen LogP contribution >= 0.6 is 23.2 Å². The van der Waals surface area contributed by atoms with Crippen molar-refractivity contribution in [3.05, 3.63) is 58.1 Å². The minimum Gasteiger partial charge on any atom is -0.480 e. The van der Waals surface area contributed by atoms with Crippen LogP contribution in [0.3, 0.4) is 0 Å². The highest BCUT2D eigenvalue weighted by molar-refractivity contribution is 6.33. The minimum atomic E-state index is -0.288. The molecule has 0 fully saturated rings. The first-order chi connectivity index (χ1) is 13.4. The van der Waals surface area contributed by atoms with Crippen molar-refractivity contribution in [1.29, 1.82) is 0 Å². The Kier molecular flexibility index (Phi) is 6.44. The molecule has 2 aromatic rings. The van der Waals surface area contributed by atoms with E-state index in [0.29, 0.717) is 28.0 Å². The topological polar surface area (TPSA) is 61.9 Å². The summed E-state index contributed by atoms with van der Waals surface area (Å²) in [6.07, 6.45) is 0. The van der Waals surface area contributed by atoms with Gasteiger partial charge in [-0.25, -0.2) is 0 Å². The highest BCUT2D eigenvalue weighted by Crippen LogP contribution is 2.37. The SMILES string of the molecule is CN(C)C(CNC(=O)CN1C(=O)COc2c(Cl)cccc21)c1cccc(Cl)c1. The van der Waals surface area contributed by atoms with E-state index in [-0.39, 0.29) is 31.0 Å². The Hall–Kier alpha value is -2.28. The number of hydrogen-bond acceptors (Lipinski definition) is 4. The van der Waals surface area contributed by atoms with E-state index in [1.54, 1.807) is 18.2 Å². The number of benzene rings is 2. The van der Waals surface area contributed by atoms with E-state index in [2.05, 4.69) is 5.32 Å². The molecule has 1 heterocycles. The summed E-state index contributed by atoms with van der Waals surface area (Å²) in [6, 6.07) is 12.6. The van der Waals surface area contributed by atoms with Gasteiger partial charge in [0.1, 0.15) is 6.54 Å². The van der Waals surface area contributed by atoms with Crippen molar-refractivity contribution in [2.75, 3.05) is 38.7 Å². The number of fused-ring (bicyclic) bond motifs is 1. The summed E-state index contributed by atoms with van der Waals surface area (Å²) in [5.41, 5.74) is 1.50. The van der Waals surface area contributed by atoms with E-state index in [9.17, 15) is 9.59 Å². The fourth-order valence-corrected chi connectivity index (χ4v) is 3.52. The van der Waals surface area contributed by atoms with Crippen LogP contribution in [0.5, 0.6) is 5.75 Å². The number of rotatable bonds is 6. The molecule has 6 nitrogen and oxygen atoms in total. The van der Waals surface area contributed by atoms with E-state index < -0.39 is 0 Å². The molecule has 1 aliphatic rings. The van der Waals surface area contributed by atoms with Crippen LogP contribution in [0.1, 0.15) is 11.6 Å². The summed E-state index contributed by atoms with van der Waals surface area (Å²) < 4.78 is 5.40. The molecular formula is C20H21Cl2N3O3. The zero-order valence-electron chi connectivity index (χ0n) is 15.6. The second-order valence-corrected chi connectivity index (χ2v) is 7.54. The van der Waals surface area contributed by atoms with Crippen LogP contribution in [-0.2, 0) is 9.59 Å². The van der Waals surface area contributed by atoms with Gasteiger partial charge in [-0.1, -0.05) is 41.4 Å². The Balaban J connectivity index is 1.69. The standard InChI is InChI=1S/C20H21Cl2N3O3/c1-24(2)17(13-5-3-6-14(21)9-13)10-23-18(26)11-25-16-8-4-7-15(22)20(16)28-12-19(25)27/h3-9,17H,10-12H2,1-2H3,(H,23,26). The number of likely N-dealkylation sites (N-methyl/N-ethyl adjacent to an activating group) is 1. The molecule has 2 amide bonds. The first-order valence-electron chi connectivity index (χ1n) is 8.77. The first kappa shape index (κ1) is 20.5. The van der Waals surface area contributed by atoms with Crippen LogP contribution in [0.2, 0.25) is 10.0 Å². The summed E-state index contributed by atoms with van der Waals surface area (Å²) in [5, 5.41) is 3.95. The van der Waals surface area contributed by atoms with Gasteiger partial charge in [0, 0.05) is 11.6 Å². The molecule has 1 atom stereocenters. The van der Waals surface area contributed by atoms with Crippen molar-refractivity contribution in [2.24, 2.45) is 0 Å². The fourth-order valence-electron chi connectivity index (χ4n) is 3.09. The number of amides is 2. The molecule has 0 saturated carbocycles. The normalized spacial score (nSPS) is 14.5. The van der Waals surface area contributed by atoms with Gasteiger partial charge in [0.05, 0.1) is 16.8 Å². The predicted octanol–water partition coefficient (Wildman–Crippen LogP) is 3.14. The van der Waals surface area contributed by atoms with Gasteiger partial charge in [-0.05, 0) is 43.9 Å². The van der Waals surface area contributed by atoms with Crippen molar-refractivity contribution in [2.45, 2.75) is 6.04 Å². The van der Waals surface area contributed by atoms with Crippen LogP contribution in [0, 0.1) is 0 Å². The molecule has 3 rings (SSSR count). The Morgan fingerprint density at radius 2 is 2.00 bits per heavy atom. The maximum atomic E-state index is 12.6. The number of ether oxygens (including phenoxy) is 1. The van der Waals surface area contributed by atoms with Gasteiger partial charge >= 0.3 is 0 Å². The third-order valence-electron chi connectivity index (χ3n) is 4.53. The predicted molar refractivity (Wildman–Crippen MR) is 110 cm³/mol. The van der Waals surface area contributed by atoms with Crippen LogP contribution in [0.15, 0.2) is 42.5 Å². The van der Waals surface area contributed by atoms with Gasteiger partial charge in [-0.3, -0.25) is 14.5 Å². The second-order valence-electron chi connectivity index (χ2n) is 6.70. The number of carbonyl (C=O) groups is 2. The summed E-state index contributed by atoms with van der Waals surface area (Å²) in [6.45, 7) is 0.130. The molecular weight excluding hydrogens is 401 g/mol. The van der Waals surface area contributed by atoms with Crippen molar-refractivity contribution >= 4 is 40.7 Å². The molecule has 0 saturated heterocycles. The Bertz CT molecular complexity index is 889. The van der Waals surface area contributed by atoms with Crippen LogP contribution in [0.25, 0.3) is 0 Å². The second kappa shape index (κ2) is 8.82. The number of hydrogen-bond donors (Lipinski definition) is 1. The lowest BCUT2D eigenvalue weighted by Gasteiger charge is -2.30. The Morgan fingerprint density at radius 3 is 2.71 bits per heavy atom. The number of halogens is 2. The molecule has 0 bridgehead atoms. The lowest BCUT2D eigenvalue weighted by atomic mass is 10.1. The van der Waals surface area contributed by atoms with E-state index in [1.165, 1.54) is 4.90 Å². The molecule has 1 N–H and O–H groups in total. The molecule has 148 valence electrons. The van der Waals surface area contributed by atoms with Gasteiger partial charge in [0.25, 0.3) is 5.91 Å². The summed E-state index contributed by atoms with van der Waals surface area (Å²) in [4.78, 5) is 28.2. The minimum absolute atomic E-state index is 0.0511. The highest BCUT2D eigenvalue weighted by Gasteiger charge is 2.29. The Morgan fingerprint density at radius 1 is 1.25 bits per heavy atom. The number of para-hydroxylation sites is 1. The average molecular weight is 422 g/mol. The third-order valence-corrected chi connectivity index (χ3v) is 5.06. The smallest absolute Gasteiger partial charge is 0.265 e. The Labute approximate surface area is 174 Å². The van der Waals surface area contributed by atoms with Gasteiger partial charge < -0.3 is 15.0 Å². The first-order valence-corrected chi connectivity index (χ1v) is 9.52. The molecule has 8 heteroatoms. The van der Waals surface area contributed by atoms with E-state index in [0.717, 1.165) is 5.56 Å². The molecule has 0 radical (unpaired) electrons. The van der Waals surface area contributed by atoms with Crippen LogP contribution in [0.4, 0.5) is 5.69 Å². The summed E-state index contributed by atoms with van der Waals surface area (Å²) in [5.74, 6) is -0.138. The average Bonchev–Trinajstić information content (AvgIpc) is 2.64. The summed E-state index contributed by atoms with van der Waals surface area (Å²) in [7, 11) is 3.86. The number of nitrogens with zero attached hydrogens (tertiary/aromatic N) is 2. The monoisotopic (exact) mass is 421 g/mol. The quantitative estimate of drug-likeness (QED) is 0.777. The van der Waals surface area contributed by atoms with Gasteiger partial charge in [0.2, 0.25) is 5.91 Å². The van der Waals surface area contributed by atoms with E-state index in [1.807, 2.05) is 43.3 Å². The maximum Gasteiger partial charge on any atom is 0.265 e. The largest absolute Gasteiger partial charge is 0.480 e. The number of anilines is 1. The summed E-state index contributed by atoms with van der Waals surface area (Å²) >= 11 is 12.2. The van der Waals surface area contributed by atoms with Crippen molar-refractivity contribution < 1.29 is 14.3 Å². The lowest BCUT2D eigenvalue weighted by molar-refractivity contribution is -0.125. The molecule has 0 aliphatic carbocycles. The number of nitrogens with one attached hydrogen (secondary N) is 1. The van der Waals surface area contributed by atoms with Gasteiger partial charge in [0.15, 0.2) is 12.4 Å². The van der Waals surface area contributed by atoms with E-state index in [4.69, 9.17) is 27.9 Å². The molecule has 2 aromatic carbocycles. The van der Waals surface area contributed by atoms with E-state index >= 15 is 0 Å². The zero-order valence-corrected chi connectivity index (χ0v) is 17.1. The number of carbonyl (C=O) groups excluding carboxylic acids is 2. The van der Waals surface area contributed by atoms with Crippen molar-refractivity contribution in [3.8, 4) is 5.75 Å². The highest BCUT2D eigenvalue weighted by atomic mass is 35.5. The third kappa shape index (κ3) is 4.58. The fraction of sp³-hybridized carbons (Fsp3) is 0.300. The maximum absolute atomic E-state index is 12.6. The molecule has 1 aliphatic heterocycles. The van der Waals surface area contributed by atoms with Crippen LogP contribution in [-0.4, -0.2) is 50.5 Å². The van der Waals surface area contributed by atoms with Gasteiger partial charge in [-0.2, -0.15) is 0 Å². The van der Waals surface area contributed by atoms with Crippen molar-refractivity contribution in [3.63, 3.8) is 0 Å². The molecule has 28 heavy (non-hydrogen) atoms. The molecule has 0 aromatic heterocycles. The molecule has 1 unspecified atom stereocenters. The van der Waals surface area contributed by atoms with Crippen LogP contribution < -0.4 is 15.0 Å². The van der Waals surface area contributed by atoms with Crippen molar-refractivity contribution in [1.82, 2.24) is 10.2 Å². The van der Waals surface area contributed by atoms with Gasteiger partial charge in [-0.15, -0.1) is 0 Å².